The van der Waals surface area contributed by atoms with Crippen LogP contribution >= 0.6 is 11.6 Å². The number of aromatic amines is 1. The highest BCUT2D eigenvalue weighted by Crippen LogP contribution is 2.26. The van der Waals surface area contributed by atoms with Gasteiger partial charge in [-0.15, -0.1) is 0 Å². The smallest absolute Gasteiger partial charge is 0.0465 e. The molecule has 2 aromatic carbocycles. The Morgan fingerprint density at radius 3 is 2.68 bits per heavy atom. The second-order valence-corrected chi connectivity index (χ2v) is 4.92. The van der Waals surface area contributed by atoms with Crippen LogP contribution in [0.5, 0.6) is 0 Å². The summed E-state index contributed by atoms with van der Waals surface area (Å²) in [5, 5.41) is 3.25. The van der Waals surface area contributed by atoms with Crippen LogP contribution in [0.2, 0.25) is 0 Å². The standard InChI is InChI=1S/C17H14ClN/c1-2-13(18)9-7-12-8-10-17-15(11-12)14-5-3-4-6-16(14)19-17/h2-11,19H,1H3/b9-7-,13-2+. The van der Waals surface area contributed by atoms with Gasteiger partial charge in [0, 0.05) is 26.8 Å². The number of halogens is 1. The quantitative estimate of drug-likeness (QED) is 0.592. The zero-order chi connectivity index (χ0) is 13.2. The summed E-state index contributed by atoms with van der Waals surface area (Å²) in [5.74, 6) is 0. The maximum Gasteiger partial charge on any atom is 0.0465 e. The van der Waals surface area contributed by atoms with Crippen LogP contribution in [0.3, 0.4) is 0 Å². The molecular formula is C17H14ClN. The van der Waals surface area contributed by atoms with E-state index in [1.807, 2.05) is 31.2 Å². The first-order valence-electron chi connectivity index (χ1n) is 6.28. The summed E-state index contributed by atoms with van der Waals surface area (Å²) in [6.45, 7) is 1.93. The Balaban J connectivity index is 2.14. The molecule has 0 unspecified atom stereocenters. The SMILES string of the molecule is C/C=C(Cl)\C=C/c1ccc2[nH]c3ccccc3c2c1. The fourth-order valence-corrected chi connectivity index (χ4v) is 2.30. The molecule has 0 aliphatic carbocycles. The molecule has 0 radical (unpaired) electrons. The van der Waals surface area contributed by atoms with E-state index in [-0.39, 0.29) is 0 Å². The van der Waals surface area contributed by atoms with E-state index >= 15 is 0 Å². The Morgan fingerprint density at radius 1 is 1.05 bits per heavy atom. The van der Waals surface area contributed by atoms with E-state index in [1.54, 1.807) is 0 Å². The number of H-pyrrole nitrogens is 1. The van der Waals surface area contributed by atoms with Gasteiger partial charge in [0.15, 0.2) is 0 Å². The summed E-state index contributed by atoms with van der Waals surface area (Å²) in [6, 6.07) is 14.7. The van der Waals surface area contributed by atoms with Gasteiger partial charge in [0.05, 0.1) is 0 Å². The predicted octanol–water partition coefficient (Wildman–Crippen LogP) is 5.48. The molecule has 3 rings (SSSR count). The lowest BCUT2D eigenvalue weighted by molar-refractivity contribution is 1.54. The fourth-order valence-electron chi connectivity index (χ4n) is 2.24. The maximum atomic E-state index is 5.98. The minimum atomic E-state index is 0.749. The molecule has 0 fully saturated rings. The monoisotopic (exact) mass is 267 g/mol. The van der Waals surface area contributed by atoms with E-state index in [2.05, 4.69) is 41.4 Å². The zero-order valence-electron chi connectivity index (χ0n) is 10.7. The Morgan fingerprint density at radius 2 is 1.84 bits per heavy atom. The lowest BCUT2D eigenvalue weighted by Crippen LogP contribution is -1.73. The zero-order valence-corrected chi connectivity index (χ0v) is 11.4. The maximum absolute atomic E-state index is 5.98. The van der Waals surface area contributed by atoms with Crippen LogP contribution in [-0.4, -0.2) is 4.98 Å². The van der Waals surface area contributed by atoms with Gasteiger partial charge < -0.3 is 4.98 Å². The summed E-state index contributed by atoms with van der Waals surface area (Å²) < 4.78 is 0. The van der Waals surface area contributed by atoms with Crippen molar-refractivity contribution < 1.29 is 0 Å². The van der Waals surface area contributed by atoms with Crippen molar-refractivity contribution in [2.45, 2.75) is 6.92 Å². The van der Waals surface area contributed by atoms with Crippen molar-refractivity contribution in [2.24, 2.45) is 0 Å². The Labute approximate surface area is 117 Å². The topological polar surface area (TPSA) is 15.8 Å². The van der Waals surface area contributed by atoms with Crippen LogP contribution in [0.1, 0.15) is 12.5 Å². The number of allylic oxidation sites excluding steroid dienone is 3. The molecule has 19 heavy (non-hydrogen) atoms. The highest BCUT2D eigenvalue weighted by Gasteiger charge is 2.03. The second kappa shape index (κ2) is 4.94. The van der Waals surface area contributed by atoms with Gasteiger partial charge in [0.25, 0.3) is 0 Å². The fraction of sp³-hybridized carbons (Fsp3) is 0.0588. The molecule has 0 aliphatic heterocycles. The van der Waals surface area contributed by atoms with Crippen molar-refractivity contribution in [1.29, 1.82) is 0 Å². The third kappa shape index (κ3) is 2.29. The van der Waals surface area contributed by atoms with E-state index in [4.69, 9.17) is 11.6 Å². The molecule has 0 saturated heterocycles. The first-order chi connectivity index (χ1) is 9.28. The number of fused-ring (bicyclic) bond motifs is 3. The van der Waals surface area contributed by atoms with E-state index in [0.717, 1.165) is 16.1 Å². The highest BCUT2D eigenvalue weighted by molar-refractivity contribution is 6.31. The molecule has 1 aromatic heterocycles. The number of benzene rings is 2. The molecule has 1 nitrogen and oxygen atoms in total. The lowest BCUT2D eigenvalue weighted by atomic mass is 10.1. The van der Waals surface area contributed by atoms with Crippen molar-refractivity contribution in [3.8, 4) is 0 Å². The molecule has 0 atom stereocenters. The summed E-state index contributed by atoms with van der Waals surface area (Å²) >= 11 is 5.98. The molecule has 1 heterocycles. The molecule has 0 saturated carbocycles. The molecule has 0 bridgehead atoms. The summed E-state index contributed by atoms with van der Waals surface area (Å²) in [5.41, 5.74) is 3.48. The van der Waals surface area contributed by atoms with E-state index < -0.39 is 0 Å². The summed E-state index contributed by atoms with van der Waals surface area (Å²) in [4.78, 5) is 3.42. The number of hydrogen-bond acceptors (Lipinski definition) is 0. The van der Waals surface area contributed by atoms with Gasteiger partial charge in [-0.25, -0.2) is 0 Å². The largest absolute Gasteiger partial charge is 0.355 e. The Hall–Kier alpha value is -1.99. The lowest BCUT2D eigenvalue weighted by Gasteiger charge is -1.95. The van der Waals surface area contributed by atoms with Crippen molar-refractivity contribution in [3.05, 3.63) is 65.2 Å². The van der Waals surface area contributed by atoms with Crippen LogP contribution in [0.25, 0.3) is 27.9 Å². The van der Waals surface area contributed by atoms with Crippen LogP contribution in [0, 0.1) is 0 Å². The van der Waals surface area contributed by atoms with E-state index in [9.17, 15) is 0 Å². The van der Waals surface area contributed by atoms with Crippen LogP contribution < -0.4 is 0 Å². The second-order valence-electron chi connectivity index (χ2n) is 4.48. The van der Waals surface area contributed by atoms with Gasteiger partial charge in [0.1, 0.15) is 0 Å². The van der Waals surface area contributed by atoms with Crippen molar-refractivity contribution in [3.63, 3.8) is 0 Å². The van der Waals surface area contributed by atoms with Crippen LogP contribution in [0.15, 0.2) is 59.6 Å². The number of nitrogens with one attached hydrogen (secondary N) is 1. The first kappa shape index (κ1) is 12.1. The van der Waals surface area contributed by atoms with Gasteiger partial charge in [-0.2, -0.15) is 0 Å². The molecule has 3 aromatic rings. The summed E-state index contributed by atoms with van der Waals surface area (Å²) in [7, 11) is 0. The number of aromatic nitrogens is 1. The molecule has 94 valence electrons. The normalized spacial score (nSPS) is 12.8. The molecule has 0 aliphatic rings. The number of para-hydroxylation sites is 1. The van der Waals surface area contributed by atoms with Crippen molar-refractivity contribution >= 4 is 39.5 Å². The predicted molar refractivity (Wildman–Crippen MR) is 84.4 cm³/mol. The first-order valence-corrected chi connectivity index (χ1v) is 6.66. The minimum Gasteiger partial charge on any atom is -0.355 e. The van der Waals surface area contributed by atoms with Crippen molar-refractivity contribution in [2.75, 3.05) is 0 Å². The minimum absolute atomic E-state index is 0.749. The average molecular weight is 268 g/mol. The molecular weight excluding hydrogens is 254 g/mol. The van der Waals surface area contributed by atoms with Gasteiger partial charge >= 0.3 is 0 Å². The molecule has 1 N–H and O–H groups in total. The van der Waals surface area contributed by atoms with Crippen LogP contribution in [-0.2, 0) is 0 Å². The molecule has 2 heteroatoms. The number of rotatable bonds is 2. The van der Waals surface area contributed by atoms with Gasteiger partial charge in [-0.3, -0.25) is 0 Å². The highest BCUT2D eigenvalue weighted by atomic mass is 35.5. The Bertz CT molecular complexity index is 793. The van der Waals surface area contributed by atoms with Crippen molar-refractivity contribution in [1.82, 2.24) is 4.98 Å². The van der Waals surface area contributed by atoms with E-state index in [1.165, 1.54) is 16.3 Å². The average Bonchev–Trinajstić information content (AvgIpc) is 2.82. The summed E-state index contributed by atoms with van der Waals surface area (Å²) in [6.07, 6.45) is 5.82. The molecule has 0 amide bonds. The van der Waals surface area contributed by atoms with Gasteiger partial charge in [-0.05, 0) is 36.8 Å². The van der Waals surface area contributed by atoms with Gasteiger partial charge in [-0.1, -0.05) is 48.0 Å². The Kier molecular flexibility index (Phi) is 3.14. The number of hydrogen-bond donors (Lipinski definition) is 1. The van der Waals surface area contributed by atoms with E-state index in [0.29, 0.717) is 0 Å². The van der Waals surface area contributed by atoms with Crippen LogP contribution in [0.4, 0.5) is 0 Å². The third-order valence-corrected chi connectivity index (χ3v) is 3.59. The van der Waals surface area contributed by atoms with Gasteiger partial charge in [0.2, 0.25) is 0 Å². The molecule has 0 spiro atoms. The third-order valence-electron chi connectivity index (χ3n) is 3.24.